The fourth-order valence-corrected chi connectivity index (χ4v) is 3.49. The number of halogens is 1. The summed E-state index contributed by atoms with van der Waals surface area (Å²) in [5, 5.41) is 3.28. The molecule has 4 N–H and O–H groups in total. The Morgan fingerprint density at radius 3 is 2.33 bits per heavy atom. The largest absolute Gasteiger partial charge is 0.370 e. The van der Waals surface area contributed by atoms with Gasteiger partial charge in [-0.05, 0) is 31.0 Å². The summed E-state index contributed by atoms with van der Waals surface area (Å²) in [6, 6.07) is 7.84. The number of nitrogens with one attached hydrogen (secondary N) is 2. The molecule has 0 bridgehead atoms. The van der Waals surface area contributed by atoms with Gasteiger partial charge in [0.25, 0.3) is 0 Å². The zero-order chi connectivity index (χ0) is 16.7. The van der Waals surface area contributed by atoms with Gasteiger partial charge in [-0.25, -0.2) is 18.1 Å². The van der Waals surface area contributed by atoms with Crippen LogP contribution in [0.5, 0.6) is 0 Å². The first-order valence-corrected chi connectivity index (χ1v) is 9.69. The minimum Gasteiger partial charge on any atom is -0.370 e. The van der Waals surface area contributed by atoms with Crippen molar-refractivity contribution in [1.29, 1.82) is 0 Å². The van der Waals surface area contributed by atoms with Crippen LogP contribution >= 0.6 is 24.0 Å². The van der Waals surface area contributed by atoms with Crippen molar-refractivity contribution in [3.8, 4) is 0 Å². The SMILES string of the molecule is CNS(=O)(=O)Cc1ccc(CN=C(N)NC2CCCCC2)cc1.I. The van der Waals surface area contributed by atoms with Gasteiger partial charge in [0, 0.05) is 6.04 Å². The van der Waals surface area contributed by atoms with Crippen LogP contribution in [0.15, 0.2) is 29.3 Å². The molecule has 0 aromatic heterocycles. The minimum atomic E-state index is -3.24. The number of benzene rings is 1. The number of nitrogens with two attached hydrogens (primary N) is 1. The maximum Gasteiger partial charge on any atom is 0.215 e. The fourth-order valence-electron chi connectivity index (χ4n) is 2.71. The Balaban J connectivity index is 0.00000288. The zero-order valence-corrected chi connectivity index (χ0v) is 17.1. The molecule has 0 aliphatic heterocycles. The Hall–Kier alpha value is -0.870. The van der Waals surface area contributed by atoms with Crippen molar-refractivity contribution in [3.05, 3.63) is 35.4 Å². The highest BCUT2D eigenvalue weighted by molar-refractivity contribution is 14.0. The summed E-state index contributed by atoms with van der Waals surface area (Å²) in [6.45, 7) is 0.491. The lowest BCUT2D eigenvalue weighted by molar-refractivity contribution is 0.412. The van der Waals surface area contributed by atoms with Crippen molar-refractivity contribution in [2.45, 2.75) is 50.4 Å². The van der Waals surface area contributed by atoms with E-state index in [1.165, 1.54) is 26.3 Å². The lowest BCUT2D eigenvalue weighted by Gasteiger charge is -2.23. The molecule has 2 rings (SSSR count). The summed E-state index contributed by atoms with van der Waals surface area (Å²) in [5.74, 6) is 0.469. The quantitative estimate of drug-likeness (QED) is 0.340. The topological polar surface area (TPSA) is 96.6 Å². The Bertz CT molecular complexity index is 626. The molecule has 1 aromatic rings. The second kappa shape index (κ2) is 10.2. The van der Waals surface area contributed by atoms with Crippen molar-refractivity contribution in [1.82, 2.24) is 10.0 Å². The second-order valence-corrected chi connectivity index (χ2v) is 7.89. The predicted octanol–water partition coefficient (Wildman–Crippen LogP) is 2.09. The van der Waals surface area contributed by atoms with Crippen molar-refractivity contribution >= 4 is 40.0 Å². The molecular formula is C16H27IN4O2S. The molecule has 0 atom stereocenters. The average Bonchev–Trinajstić information content (AvgIpc) is 2.55. The first-order chi connectivity index (χ1) is 11.0. The number of nitrogens with zero attached hydrogens (tertiary/aromatic N) is 1. The standard InChI is InChI=1S/C16H26N4O2S.HI/c1-18-23(21,22)12-14-9-7-13(8-10-14)11-19-16(17)20-15-5-3-2-4-6-15;/h7-10,15,18H,2-6,11-12H2,1H3,(H3,17,19,20);1H. The third-order valence-corrected chi connectivity index (χ3v) is 5.42. The van der Waals surface area contributed by atoms with E-state index in [-0.39, 0.29) is 29.7 Å². The van der Waals surface area contributed by atoms with E-state index in [1.807, 2.05) is 24.3 Å². The Morgan fingerprint density at radius 1 is 1.17 bits per heavy atom. The van der Waals surface area contributed by atoms with Gasteiger partial charge in [-0.2, -0.15) is 0 Å². The van der Waals surface area contributed by atoms with Crippen LogP contribution in [0, 0.1) is 0 Å². The Morgan fingerprint density at radius 2 is 1.75 bits per heavy atom. The summed E-state index contributed by atoms with van der Waals surface area (Å²) in [4.78, 5) is 4.36. The molecule has 0 unspecified atom stereocenters. The van der Waals surface area contributed by atoms with E-state index in [1.54, 1.807) is 0 Å². The molecule has 6 nitrogen and oxygen atoms in total. The van der Waals surface area contributed by atoms with E-state index >= 15 is 0 Å². The van der Waals surface area contributed by atoms with E-state index < -0.39 is 10.0 Å². The predicted molar refractivity (Wildman–Crippen MR) is 109 cm³/mol. The first-order valence-electron chi connectivity index (χ1n) is 8.04. The number of guanidine groups is 1. The van der Waals surface area contributed by atoms with Crippen molar-refractivity contribution in [3.63, 3.8) is 0 Å². The maximum absolute atomic E-state index is 11.5. The molecule has 136 valence electrons. The van der Waals surface area contributed by atoms with Crippen LogP contribution in [-0.4, -0.2) is 27.5 Å². The zero-order valence-electron chi connectivity index (χ0n) is 14.0. The molecule has 24 heavy (non-hydrogen) atoms. The Labute approximate surface area is 161 Å². The lowest BCUT2D eigenvalue weighted by atomic mass is 9.96. The van der Waals surface area contributed by atoms with Gasteiger partial charge in [0.05, 0.1) is 12.3 Å². The molecule has 0 spiro atoms. The monoisotopic (exact) mass is 466 g/mol. The second-order valence-electron chi connectivity index (χ2n) is 5.96. The molecule has 1 aliphatic carbocycles. The van der Waals surface area contributed by atoms with E-state index in [0.29, 0.717) is 18.5 Å². The van der Waals surface area contributed by atoms with Crippen LogP contribution in [-0.2, 0) is 22.3 Å². The lowest BCUT2D eigenvalue weighted by Crippen LogP contribution is -2.41. The van der Waals surface area contributed by atoms with Crippen LogP contribution in [0.25, 0.3) is 0 Å². The molecule has 1 aliphatic rings. The third-order valence-electron chi connectivity index (χ3n) is 4.08. The smallest absolute Gasteiger partial charge is 0.215 e. The summed E-state index contributed by atoms with van der Waals surface area (Å²) in [5.41, 5.74) is 7.69. The number of aliphatic imine (C=N–C) groups is 1. The number of hydrogen-bond acceptors (Lipinski definition) is 3. The van der Waals surface area contributed by atoms with Crippen molar-refractivity contribution < 1.29 is 8.42 Å². The molecule has 1 aromatic carbocycles. The van der Waals surface area contributed by atoms with Gasteiger partial charge in [-0.15, -0.1) is 24.0 Å². The van der Waals surface area contributed by atoms with E-state index in [9.17, 15) is 8.42 Å². The average molecular weight is 466 g/mol. The highest BCUT2D eigenvalue weighted by Gasteiger charge is 2.13. The fraction of sp³-hybridized carbons (Fsp3) is 0.562. The molecule has 0 saturated heterocycles. The summed E-state index contributed by atoms with van der Waals surface area (Å²) < 4.78 is 25.3. The highest BCUT2D eigenvalue weighted by atomic mass is 127. The number of hydrogen-bond donors (Lipinski definition) is 3. The molecule has 1 fully saturated rings. The molecule has 0 radical (unpaired) electrons. The highest BCUT2D eigenvalue weighted by Crippen LogP contribution is 2.17. The van der Waals surface area contributed by atoms with Gasteiger partial charge in [0.2, 0.25) is 10.0 Å². The van der Waals surface area contributed by atoms with Gasteiger partial charge in [-0.3, -0.25) is 0 Å². The van der Waals surface area contributed by atoms with Crippen molar-refractivity contribution in [2.75, 3.05) is 7.05 Å². The van der Waals surface area contributed by atoms with Crippen LogP contribution in [0.3, 0.4) is 0 Å². The molecule has 1 saturated carbocycles. The molecule has 0 heterocycles. The summed E-state index contributed by atoms with van der Waals surface area (Å²) in [7, 11) is -1.82. The van der Waals surface area contributed by atoms with Gasteiger partial charge >= 0.3 is 0 Å². The van der Waals surface area contributed by atoms with Gasteiger partial charge < -0.3 is 11.1 Å². The first kappa shape index (κ1) is 21.2. The number of sulfonamides is 1. The molecule has 0 amide bonds. The number of rotatable bonds is 6. The van der Waals surface area contributed by atoms with Crippen LogP contribution in [0.1, 0.15) is 43.2 Å². The summed E-state index contributed by atoms with van der Waals surface area (Å²) >= 11 is 0. The van der Waals surface area contributed by atoms with Gasteiger partial charge in [0.1, 0.15) is 0 Å². The minimum absolute atomic E-state index is 0. The molecule has 8 heteroatoms. The van der Waals surface area contributed by atoms with E-state index in [0.717, 1.165) is 24.0 Å². The summed E-state index contributed by atoms with van der Waals surface area (Å²) in [6.07, 6.45) is 6.13. The van der Waals surface area contributed by atoms with Gasteiger partial charge in [0.15, 0.2) is 5.96 Å². The third kappa shape index (κ3) is 7.35. The maximum atomic E-state index is 11.5. The normalized spacial score (nSPS) is 16.5. The Kier molecular flexibility index (Phi) is 8.99. The van der Waals surface area contributed by atoms with Crippen LogP contribution in [0.2, 0.25) is 0 Å². The van der Waals surface area contributed by atoms with E-state index in [4.69, 9.17) is 5.73 Å². The van der Waals surface area contributed by atoms with Crippen molar-refractivity contribution in [2.24, 2.45) is 10.7 Å². The van der Waals surface area contributed by atoms with Crippen LogP contribution in [0.4, 0.5) is 0 Å². The van der Waals surface area contributed by atoms with Gasteiger partial charge in [-0.1, -0.05) is 43.5 Å². The molecular weight excluding hydrogens is 439 g/mol. The van der Waals surface area contributed by atoms with E-state index in [2.05, 4.69) is 15.0 Å². The van der Waals surface area contributed by atoms with Crippen LogP contribution < -0.4 is 15.8 Å².